The summed E-state index contributed by atoms with van der Waals surface area (Å²) >= 11 is 0. The fourth-order valence-electron chi connectivity index (χ4n) is 3.19. The van der Waals surface area contributed by atoms with Gasteiger partial charge in [0.2, 0.25) is 0 Å². The van der Waals surface area contributed by atoms with Crippen molar-refractivity contribution >= 4 is 0 Å². The summed E-state index contributed by atoms with van der Waals surface area (Å²) in [7, 11) is 0. The zero-order chi connectivity index (χ0) is 14.2. The number of rotatable bonds is 3. The van der Waals surface area contributed by atoms with Crippen LogP contribution in [-0.4, -0.2) is 6.61 Å². The Morgan fingerprint density at radius 2 is 2.00 bits per heavy atom. The molecule has 0 spiro atoms. The third kappa shape index (κ3) is 2.38. The van der Waals surface area contributed by atoms with Gasteiger partial charge in [-0.2, -0.15) is 0 Å². The molecule has 0 aromatic heterocycles. The molecule has 0 saturated carbocycles. The first-order valence-corrected chi connectivity index (χ1v) is 7.55. The molecule has 0 fully saturated rings. The molecule has 0 radical (unpaired) electrons. The van der Waals surface area contributed by atoms with E-state index in [1.807, 2.05) is 18.2 Å². The molecule has 1 atom stereocenters. The van der Waals surface area contributed by atoms with Crippen molar-refractivity contribution in [1.82, 2.24) is 0 Å². The van der Waals surface area contributed by atoms with E-state index in [0.717, 1.165) is 17.1 Å². The summed E-state index contributed by atoms with van der Waals surface area (Å²) in [5.41, 5.74) is 11.2. The van der Waals surface area contributed by atoms with E-state index in [1.165, 1.54) is 36.0 Å². The van der Waals surface area contributed by atoms with Crippen LogP contribution < -0.4 is 15.2 Å². The van der Waals surface area contributed by atoms with Crippen LogP contribution in [0.25, 0.3) is 0 Å². The first-order chi connectivity index (χ1) is 10.3. The Morgan fingerprint density at radius 1 is 1.10 bits per heavy atom. The minimum absolute atomic E-state index is 0.00855. The van der Waals surface area contributed by atoms with Crippen LogP contribution in [0.4, 0.5) is 0 Å². The molecular formula is C18H19NO2. The molecule has 1 heterocycles. The molecule has 0 bridgehead atoms. The van der Waals surface area contributed by atoms with Gasteiger partial charge in [-0.25, -0.2) is 0 Å². The van der Waals surface area contributed by atoms with Crippen molar-refractivity contribution in [2.45, 2.75) is 31.9 Å². The molecule has 4 rings (SSSR count). The van der Waals surface area contributed by atoms with E-state index in [-0.39, 0.29) is 6.04 Å². The van der Waals surface area contributed by atoms with Gasteiger partial charge < -0.3 is 15.2 Å². The van der Waals surface area contributed by atoms with Crippen molar-refractivity contribution in [2.75, 3.05) is 6.61 Å². The van der Waals surface area contributed by atoms with Crippen molar-refractivity contribution in [3.05, 3.63) is 58.7 Å². The van der Waals surface area contributed by atoms with Gasteiger partial charge in [-0.05, 0) is 48.1 Å². The molecule has 3 heteroatoms. The minimum Gasteiger partial charge on any atom is -0.491 e. The molecule has 0 saturated heterocycles. The molecule has 2 aromatic rings. The van der Waals surface area contributed by atoms with Crippen molar-refractivity contribution in [3.63, 3.8) is 0 Å². The van der Waals surface area contributed by atoms with Gasteiger partial charge in [0.15, 0.2) is 0 Å². The van der Waals surface area contributed by atoms with E-state index in [1.54, 1.807) is 0 Å². The number of hydrogen-bond acceptors (Lipinski definition) is 3. The van der Waals surface area contributed by atoms with Crippen molar-refractivity contribution in [1.29, 1.82) is 0 Å². The van der Waals surface area contributed by atoms with E-state index < -0.39 is 0 Å². The fraction of sp³-hybridized carbons (Fsp3) is 0.333. The third-order valence-corrected chi connectivity index (χ3v) is 4.37. The number of aryl methyl sites for hydroxylation is 2. The summed E-state index contributed by atoms with van der Waals surface area (Å²) in [6.45, 7) is 1.15. The lowest BCUT2D eigenvalue weighted by molar-refractivity contribution is 0.301. The Kier molecular flexibility index (Phi) is 3.08. The van der Waals surface area contributed by atoms with Crippen LogP contribution in [0.3, 0.4) is 0 Å². The molecule has 3 nitrogen and oxygen atoms in total. The van der Waals surface area contributed by atoms with Crippen LogP contribution in [-0.2, 0) is 19.4 Å². The smallest absolute Gasteiger partial charge is 0.127 e. The lowest BCUT2D eigenvalue weighted by atomic mass is 10.1. The minimum atomic E-state index is -0.00855. The quantitative estimate of drug-likeness (QED) is 0.940. The highest BCUT2D eigenvalue weighted by molar-refractivity contribution is 5.45. The molecule has 2 aromatic carbocycles. The van der Waals surface area contributed by atoms with E-state index in [2.05, 4.69) is 18.2 Å². The lowest BCUT2D eigenvalue weighted by Crippen LogP contribution is -2.10. The van der Waals surface area contributed by atoms with Gasteiger partial charge in [-0.1, -0.05) is 18.2 Å². The van der Waals surface area contributed by atoms with Gasteiger partial charge in [-0.15, -0.1) is 0 Å². The van der Waals surface area contributed by atoms with Crippen LogP contribution >= 0.6 is 0 Å². The predicted molar refractivity (Wildman–Crippen MR) is 81.7 cm³/mol. The normalized spacial score (nSPS) is 19.0. The van der Waals surface area contributed by atoms with Gasteiger partial charge in [0.1, 0.15) is 24.7 Å². The summed E-state index contributed by atoms with van der Waals surface area (Å²) in [6, 6.07) is 12.6. The molecule has 0 amide bonds. The highest BCUT2D eigenvalue weighted by Gasteiger charge is 2.20. The third-order valence-electron chi connectivity index (χ3n) is 4.37. The van der Waals surface area contributed by atoms with Crippen LogP contribution in [0.5, 0.6) is 11.5 Å². The Labute approximate surface area is 124 Å². The molecule has 2 aliphatic rings. The van der Waals surface area contributed by atoms with Gasteiger partial charge in [0, 0.05) is 11.6 Å². The molecule has 2 N–H and O–H groups in total. The number of ether oxygens (including phenoxy) is 2. The molecule has 1 unspecified atom stereocenters. The largest absolute Gasteiger partial charge is 0.491 e. The highest BCUT2D eigenvalue weighted by Crippen LogP contribution is 2.34. The molecule has 1 aliphatic carbocycles. The van der Waals surface area contributed by atoms with Crippen LogP contribution in [0.15, 0.2) is 36.4 Å². The Morgan fingerprint density at radius 3 is 2.95 bits per heavy atom. The average molecular weight is 281 g/mol. The van der Waals surface area contributed by atoms with Gasteiger partial charge in [0.25, 0.3) is 0 Å². The molecule has 1 aliphatic heterocycles. The van der Waals surface area contributed by atoms with Crippen molar-refractivity contribution in [2.24, 2.45) is 5.73 Å². The fourth-order valence-corrected chi connectivity index (χ4v) is 3.19. The predicted octanol–water partition coefficient (Wildman–Crippen LogP) is 3.15. The monoisotopic (exact) mass is 281 g/mol. The lowest BCUT2D eigenvalue weighted by Gasteiger charge is -2.09. The molecular weight excluding hydrogens is 262 g/mol. The Bertz CT molecular complexity index is 681. The van der Waals surface area contributed by atoms with Crippen molar-refractivity contribution in [3.8, 4) is 11.5 Å². The number of benzene rings is 2. The second-order valence-corrected chi connectivity index (χ2v) is 5.86. The summed E-state index contributed by atoms with van der Waals surface area (Å²) in [6.07, 6.45) is 3.70. The van der Waals surface area contributed by atoms with Crippen LogP contribution in [0.1, 0.15) is 34.7 Å². The van der Waals surface area contributed by atoms with Crippen molar-refractivity contribution < 1.29 is 9.47 Å². The standard InChI is InChI=1S/C18H19NO2/c19-17-11-21-18-9-15(6-7-16(17)18)20-10-12-4-5-13-2-1-3-14(13)8-12/h4-9,17H,1-3,10-11,19H2. The molecule has 21 heavy (non-hydrogen) atoms. The highest BCUT2D eigenvalue weighted by atomic mass is 16.5. The van der Waals surface area contributed by atoms with Gasteiger partial charge in [-0.3, -0.25) is 0 Å². The summed E-state index contributed by atoms with van der Waals surface area (Å²) in [4.78, 5) is 0. The maximum absolute atomic E-state index is 5.95. The molecule has 108 valence electrons. The van der Waals surface area contributed by atoms with Gasteiger partial charge >= 0.3 is 0 Å². The maximum atomic E-state index is 5.95. The topological polar surface area (TPSA) is 44.5 Å². The van der Waals surface area contributed by atoms with E-state index in [4.69, 9.17) is 15.2 Å². The average Bonchev–Trinajstić information content (AvgIpc) is 3.11. The number of hydrogen-bond donors (Lipinski definition) is 1. The zero-order valence-corrected chi connectivity index (χ0v) is 12.0. The van der Waals surface area contributed by atoms with Gasteiger partial charge in [0.05, 0.1) is 6.04 Å². The first-order valence-electron chi connectivity index (χ1n) is 7.55. The second-order valence-electron chi connectivity index (χ2n) is 5.86. The first kappa shape index (κ1) is 12.7. The summed E-state index contributed by atoms with van der Waals surface area (Å²) in [5.74, 6) is 1.69. The Balaban J connectivity index is 1.47. The SMILES string of the molecule is NC1COc2cc(OCc3ccc4c(c3)CCC4)ccc21. The van der Waals surface area contributed by atoms with E-state index in [9.17, 15) is 0 Å². The number of nitrogens with two attached hydrogens (primary N) is 1. The summed E-state index contributed by atoms with van der Waals surface area (Å²) < 4.78 is 11.5. The van der Waals surface area contributed by atoms with Crippen LogP contribution in [0.2, 0.25) is 0 Å². The van der Waals surface area contributed by atoms with E-state index >= 15 is 0 Å². The zero-order valence-electron chi connectivity index (χ0n) is 12.0. The van der Waals surface area contributed by atoms with Crippen LogP contribution in [0, 0.1) is 0 Å². The summed E-state index contributed by atoms with van der Waals surface area (Å²) in [5, 5.41) is 0. The Hall–Kier alpha value is -2.00. The number of fused-ring (bicyclic) bond motifs is 2. The second kappa shape index (κ2) is 5.08. The maximum Gasteiger partial charge on any atom is 0.127 e. The van der Waals surface area contributed by atoms with E-state index in [0.29, 0.717) is 13.2 Å².